The number of aliphatic hydroxyl groups is 2. The number of carboxylic acids is 1. The van der Waals surface area contributed by atoms with Crippen LogP contribution in [0.4, 0.5) is 51.2 Å². The number of benzene rings is 6. The molecule has 6 aromatic carbocycles. The second-order valence-electron chi connectivity index (χ2n) is 40.4. The molecule has 0 radical (unpaired) electrons. The number of nitrogens with two attached hydrogens (primary N) is 1. The van der Waals surface area contributed by atoms with Gasteiger partial charge in [-0.2, -0.15) is 10.2 Å². The van der Waals surface area contributed by atoms with Crippen molar-refractivity contribution in [1.82, 2.24) is 25.1 Å². The first-order valence-electron chi connectivity index (χ1n) is 48.5. The molecule has 38 heteroatoms. The van der Waals surface area contributed by atoms with E-state index < -0.39 is 56.3 Å². The normalized spacial score (nSPS) is 18.5. The maximum absolute atomic E-state index is 12.8. The number of rotatable bonds is 3. The number of hydrogen-bond acceptors (Lipinski definition) is 25. The van der Waals surface area contributed by atoms with E-state index in [9.17, 15) is 62.3 Å². The molecule has 2 saturated carbocycles. The van der Waals surface area contributed by atoms with Crippen molar-refractivity contribution in [3.05, 3.63) is 181 Å². The first-order valence-corrected chi connectivity index (χ1v) is 48.5. The zero-order chi connectivity index (χ0) is 106. The summed E-state index contributed by atoms with van der Waals surface area (Å²) in [5.74, 6) is -2.33. The number of anilines is 8. The van der Waals surface area contributed by atoms with Gasteiger partial charge in [0.25, 0.3) is 0 Å². The average Bonchev–Trinajstić information content (AvgIpc) is 1.58. The third-order valence-corrected chi connectivity index (χ3v) is 27.9. The number of ether oxygens (including phenoxy) is 1. The Labute approximate surface area is 869 Å². The number of aromatic nitrogens is 5. The fraction of sp³-hybridized carbons (Fsp3) is 0.426. The minimum absolute atomic E-state index is 0. The third-order valence-electron chi connectivity index (χ3n) is 27.9. The zero-order valence-electron chi connectivity index (χ0n) is 86.5. The fourth-order valence-electron chi connectivity index (χ4n) is 19.2. The standard InChI is InChI=1S/C19H20N4O.C19H20N2O3.C17H21N3O2.C17H18N2O2.C10H9N3O.C10H12N2O.C8H12O2.C4H6O3.C2H4O2.C2H6O.H2N2.Na.H2O.H2/c1-9-10-5-4-6-11-12-7-15-13(19(2,3)18(24)21-15)8-14(12)20-16(11)17(10)23-22-9;1-9(22)10-5-4-6-11-12-7-15-13(19(2,3)18(24)21-15)8-14(12)20-16(11)17(10)23;1-17(2)12-10-11(8-9-13(12)18-16(17)22)19-20-14-6-4-3-5-7-15(14)21;1-17(2)11-8-12-10(7-13(11)19-16(17)21)9-5-3-4-6-14(20)15(9)18-12;1-10(2)7-5-6(13-11)3-4-8(7)12-9(10)14;1-10(2)7-5-6(11)3-4-8(7)12-9(10)13;9-6-7-4-2-1-3-5-8(7)10;1-3(5)7-4(2)6;1-2(3)4;1-2-3;1-2;;;/h7-8,20H,4-6H2,1-3H3,(H,21,24)(H,22,23);7-8,10,20H,4-6H2,1-3H3,(H,21,24);8-10,19H,3-7H2,1-2H3,(H,18,22);7-8,18H,3-6H2,1-2H3,(H,19,21);3-5H,1-2H3;3-5H,11H2,1-2H3,(H,12,13);6,9H,1-5H2;1-2H3;1H3,(H,3,4);3H,2H2,1H3;1-2H;;1H2;1H/q;;;;;;;;;;;+1;;/b;;20-14+;;;;7-6+;;;;;;;. The molecule has 19 N–H and O–H groups in total. The molecule has 11 aliphatic rings. The topological polar surface area (TPSA) is 618 Å². The van der Waals surface area contributed by atoms with Crippen LogP contribution in [0.15, 0.2) is 108 Å². The summed E-state index contributed by atoms with van der Waals surface area (Å²) in [6.07, 6.45) is 18.8. The first kappa shape index (κ1) is 115. The molecule has 0 bridgehead atoms. The van der Waals surface area contributed by atoms with E-state index in [4.69, 9.17) is 42.3 Å². The van der Waals surface area contributed by atoms with Crippen molar-refractivity contribution in [3.8, 4) is 11.4 Å². The number of aliphatic hydroxyl groups excluding tert-OH is 2. The summed E-state index contributed by atoms with van der Waals surface area (Å²) in [6, 6.07) is 28.5. The van der Waals surface area contributed by atoms with Gasteiger partial charge in [0.1, 0.15) is 17.2 Å². The van der Waals surface area contributed by atoms with E-state index in [-0.39, 0.29) is 107 Å². The number of amides is 6. The number of hydrazone groups is 1. The Balaban J connectivity index is 0.000000206. The molecule has 0 saturated heterocycles. The Bertz CT molecular complexity index is 6920. The van der Waals surface area contributed by atoms with Crippen LogP contribution in [-0.4, -0.2) is 135 Å². The van der Waals surface area contributed by atoms with Crippen LogP contribution >= 0.6 is 0 Å². The van der Waals surface area contributed by atoms with Crippen LogP contribution < -0.4 is 77.7 Å². The van der Waals surface area contributed by atoms with Gasteiger partial charge in [-0.25, -0.2) is 11.1 Å². The Morgan fingerprint density at radius 2 is 0.856 bits per heavy atom. The fourth-order valence-corrected chi connectivity index (χ4v) is 19.2. The van der Waals surface area contributed by atoms with Crippen molar-refractivity contribution in [2.24, 2.45) is 11.0 Å². The van der Waals surface area contributed by atoms with Crippen molar-refractivity contribution < 1.29 is 124 Å². The summed E-state index contributed by atoms with van der Waals surface area (Å²) >= 11 is 0. The molecule has 6 amide bonds. The van der Waals surface area contributed by atoms with Gasteiger partial charge in [-0.15, -0.1) is 0 Å². The zero-order valence-corrected chi connectivity index (χ0v) is 88.5. The molecule has 6 aliphatic heterocycles. The molecule has 21 rings (SSSR count). The first-order chi connectivity index (χ1) is 67.9. The number of esters is 2. The number of carboxylic acid groups (broad SMARTS) is 1. The van der Waals surface area contributed by atoms with E-state index in [1.807, 2.05) is 138 Å². The Morgan fingerprint density at radius 1 is 0.493 bits per heavy atom. The SMILES string of the molecule is CC(=O)C1CCCc2c([nH]c3cc4c(cc23)NC(=O)C4(C)C)C1=O.CC(=O)OC(C)=O.CC(=O)[O-].CC1(C)C(=O)Nc2cc3c4c([nH]c3cc21)C(=O)CCCC4.CC1(C)C(=O)Nc2ccc(N)cc21.CC1(C)C(=O)Nc2ccc(N/N=C3\CCCCCC3=O)cc21.CC1(C)C(=O)Nc2ccc([N+]#N)cc21.CCO.Cc1[nH]nc2c1CCCc1c-2[nH]c2cc3c(cc12)NC(=O)C3(C)C.N=N.O.O=C1CCCCC/C1=C\O.[HH].[Na+]. The molecule has 10 aromatic rings. The molecule has 146 heavy (non-hydrogen) atoms. The maximum atomic E-state index is 12.8. The monoisotopic (exact) mass is 2010 g/mol. The number of aromatic amines is 4. The van der Waals surface area contributed by atoms with Crippen molar-refractivity contribution in [2.45, 2.75) is 286 Å². The number of hydrogen-bond donors (Lipinski definition) is 16. The summed E-state index contributed by atoms with van der Waals surface area (Å²) in [6.45, 7) is 31.7. The summed E-state index contributed by atoms with van der Waals surface area (Å²) in [4.78, 5) is 173. The van der Waals surface area contributed by atoms with Gasteiger partial charge in [-0.1, -0.05) is 12.8 Å². The van der Waals surface area contributed by atoms with Crippen LogP contribution in [0, 0.1) is 29.3 Å². The number of nitrogens with zero attached hydrogens (tertiary/aromatic N) is 4. The number of nitrogen functional groups attached to an aromatic ring is 1. The van der Waals surface area contributed by atoms with E-state index in [0.717, 1.165) is 250 Å². The molecule has 1 atom stereocenters. The molecular weight excluding hydrogens is 1880 g/mol. The number of nitrogens with one attached hydrogen (secondary N) is 13. The number of Topliss-reactive ketones (excluding diaryl/α,β-unsaturated/α-hetero) is 5. The molecule has 2 fully saturated rings. The summed E-state index contributed by atoms with van der Waals surface area (Å²) in [5, 5.41) is 66.3. The van der Waals surface area contributed by atoms with Gasteiger partial charge >= 0.3 is 47.2 Å². The summed E-state index contributed by atoms with van der Waals surface area (Å²) in [7, 11) is 0. The predicted octanol–water partition coefficient (Wildman–Crippen LogP) is 15.0. The molecule has 10 heterocycles. The number of diazo groups is 1. The van der Waals surface area contributed by atoms with Crippen LogP contribution in [0.3, 0.4) is 0 Å². The van der Waals surface area contributed by atoms with Gasteiger partial charge in [-0.3, -0.25) is 72.9 Å². The molecule has 37 nitrogen and oxygen atoms in total. The summed E-state index contributed by atoms with van der Waals surface area (Å²) < 4.78 is 3.97. The van der Waals surface area contributed by atoms with E-state index in [1.54, 1.807) is 31.2 Å². The number of allylic oxidation sites excluding steroid dienone is 1. The number of fused-ring (bicyclic) bond motifs is 17. The number of carbonyl (C=O) groups is 14. The minimum atomic E-state index is -1.08. The van der Waals surface area contributed by atoms with Crippen molar-refractivity contribution >= 4 is 172 Å². The van der Waals surface area contributed by atoms with Gasteiger partial charge in [0.05, 0.1) is 67.4 Å². The Morgan fingerprint density at radius 3 is 1.32 bits per heavy atom. The van der Waals surface area contributed by atoms with E-state index >= 15 is 0 Å². The smallest absolute Gasteiger partial charge is 0.550 e. The number of aliphatic carboxylic acids is 1. The van der Waals surface area contributed by atoms with Gasteiger partial charge in [-0.05, 0) is 336 Å². The van der Waals surface area contributed by atoms with Crippen molar-refractivity contribution in [3.63, 3.8) is 0 Å². The van der Waals surface area contributed by atoms with Gasteiger partial charge in [0.2, 0.25) is 40.8 Å². The molecule has 5 aliphatic carbocycles. The van der Waals surface area contributed by atoms with Crippen LogP contribution in [0.5, 0.6) is 0 Å². The number of aryl methyl sites for hydroxylation is 4. The second kappa shape index (κ2) is 47.7. The number of ketones is 5. The number of carbonyl (C=O) groups excluding carboxylic acids is 14. The maximum Gasteiger partial charge on any atom is 1.00 e. The van der Waals surface area contributed by atoms with Crippen molar-refractivity contribution in [1.29, 1.82) is 16.5 Å². The van der Waals surface area contributed by atoms with Crippen LogP contribution in [0.1, 0.15) is 304 Å². The third kappa shape index (κ3) is 24.9. The predicted molar refractivity (Wildman–Crippen MR) is 556 cm³/mol. The van der Waals surface area contributed by atoms with Gasteiger partial charge in [0.15, 0.2) is 28.1 Å². The number of H-pyrrole nitrogens is 4. The Hall–Kier alpha value is -14.3. The van der Waals surface area contributed by atoms with E-state index in [1.165, 1.54) is 37.3 Å². The second-order valence-corrected chi connectivity index (χ2v) is 40.4. The van der Waals surface area contributed by atoms with Crippen LogP contribution in [0.2, 0.25) is 0 Å². The minimum Gasteiger partial charge on any atom is -0.550 e. The molecular formula is C108H134N18NaO19+. The average molecular weight is 2010 g/mol. The molecule has 4 aromatic heterocycles. The van der Waals surface area contributed by atoms with E-state index in [2.05, 4.69) is 96.3 Å². The molecule has 0 spiro atoms. The Kier molecular flexibility index (Phi) is 37.6. The van der Waals surface area contributed by atoms with Crippen LogP contribution in [-0.2, 0) is 120 Å². The quantitative estimate of drug-likeness (QED) is 0.00667. The summed E-state index contributed by atoms with van der Waals surface area (Å²) in [5.41, 5.74) is 42.0. The molecule has 1 unspecified atom stereocenters. The van der Waals surface area contributed by atoms with Gasteiger partial charge in [0, 0.05) is 149 Å². The van der Waals surface area contributed by atoms with E-state index in [0.29, 0.717) is 54.0 Å². The largest absolute Gasteiger partial charge is 1.00 e. The molecule has 770 valence electrons. The van der Waals surface area contributed by atoms with Gasteiger partial charge < -0.3 is 82.9 Å². The van der Waals surface area contributed by atoms with Crippen LogP contribution in [0.25, 0.3) is 49.1 Å². The van der Waals surface area contributed by atoms with Crippen molar-refractivity contribution in [2.75, 3.05) is 49.7 Å².